The summed E-state index contributed by atoms with van der Waals surface area (Å²) in [6.45, 7) is 2.76. The Hall–Kier alpha value is -1.45. The molecule has 0 spiro atoms. The van der Waals surface area contributed by atoms with E-state index in [2.05, 4.69) is 21.9 Å². The highest BCUT2D eigenvalue weighted by atomic mass is 35.5. The van der Waals surface area contributed by atoms with Crippen LogP contribution >= 0.6 is 22.9 Å². The first-order valence-corrected chi connectivity index (χ1v) is 11.3. The van der Waals surface area contributed by atoms with Crippen molar-refractivity contribution in [2.24, 2.45) is 11.8 Å². The van der Waals surface area contributed by atoms with E-state index in [0.29, 0.717) is 29.5 Å². The van der Waals surface area contributed by atoms with Crippen molar-refractivity contribution in [1.82, 2.24) is 4.98 Å². The third-order valence-corrected chi connectivity index (χ3v) is 7.03. The number of hydrogen-bond acceptors (Lipinski definition) is 5. The Labute approximate surface area is 166 Å². The van der Waals surface area contributed by atoms with Crippen LogP contribution in [0.2, 0.25) is 5.02 Å². The average molecular weight is 436 g/mol. The van der Waals surface area contributed by atoms with Crippen molar-refractivity contribution < 1.29 is 17.2 Å². The second kappa shape index (κ2) is 8.28. The fourth-order valence-electron chi connectivity index (χ4n) is 2.82. The summed E-state index contributed by atoms with van der Waals surface area (Å²) in [4.78, 5) is 2.96. The Morgan fingerprint density at radius 2 is 2.11 bits per heavy atom. The molecule has 1 aromatic heterocycles. The number of nitrogens with zero attached hydrogens (tertiary/aromatic N) is 1. The number of sulfonamides is 1. The summed E-state index contributed by atoms with van der Waals surface area (Å²) in [7, 11) is -4.27. The predicted octanol–water partition coefficient (Wildman–Crippen LogP) is 5.11. The molecule has 1 fully saturated rings. The van der Waals surface area contributed by atoms with Gasteiger partial charge in [-0.25, -0.2) is 17.8 Å². The molecule has 148 valence electrons. The van der Waals surface area contributed by atoms with Crippen LogP contribution in [0.3, 0.4) is 0 Å². The predicted molar refractivity (Wildman–Crippen MR) is 104 cm³/mol. The molecule has 0 radical (unpaired) electrons. The van der Waals surface area contributed by atoms with Gasteiger partial charge in [0.05, 0.1) is 16.9 Å². The van der Waals surface area contributed by atoms with Crippen LogP contribution in [0.1, 0.15) is 32.6 Å². The van der Waals surface area contributed by atoms with Gasteiger partial charge in [-0.05, 0) is 30.4 Å². The molecule has 1 saturated carbocycles. The Balaban J connectivity index is 1.73. The molecular formula is C17H20ClF2N3O2S2. The van der Waals surface area contributed by atoms with Gasteiger partial charge in [0.25, 0.3) is 10.0 Å². The Morgan fingerprint density at radius 1 is 1.37 bits per heavy atom. The maximum atomic E-state index is 14.5. The van der Waals surface area contributed by atoms with Gasteiger partial charge in [-0.3, -0.25) is 4.72 Å². The minimum atomic E-state index is -4.27. The van der Waals surface area contributed by atoms with Crippen LogP contribution in [-0.2, 0) is 10.0 Å². The zero-order valence-electron chi connectivity index (χ0n) is 14.6. The van der Waals surface area contributed by atoms with Gasteiger partial charge in [-0.15, -0.1) is 0 Å². The standard InChI is InChI=1S/C17H20ClF2N3O2S2/c1-2-10(5-11-3-4-11)8-21-14-7-13(19)15(6-12(14)18)27(24,25)23-17-22-9-16(20)26-17/h6-7,9-11,21H,2-5,8H2,1H3,(H,22,23)/t10-/m0/s1. The number of anilines is 2. The summed E-state index contributed by atoms with van der Waals surface area (Å²) in [6, 6.07) is 2.12. The topological polar surface area (TPSA) is 71.1 Å². The monoisotopic (exact) mass is 435 g/mol. The van der Waals surface area contributed by atoms with Crippen molar-refractivity contribution in [2.45, 2.75) is 37.5 Å². The maximum Gasteiger partial charge on any atom is 0.266 e. The number of thiazole rings is 1. The zero-order chi connectivity index (χ0) is 19.6. The second-order valence-electron chi connectivity index (χ2n) is 6.67. The smallest absolute Gasteiger partial charge is 0.266 e. The van der Waals surface area contributed by atoms with Crippen molar-refractivity contribution in [3.8, 4) is 0 Å². The summed E-state index contributed by atoms with van der Waals surface area (Å²) in [5.74, 6) is 0.307. The summed E-state index contributed by atoms with van der Waals surface area (Å²) in [5, 5.41) is 2.39. The molecule has 2 N–H and O–H groups in total. The third kappa shape index (κ3) is 5.30. The van der Waals surface area contributed by atoms with Gasteiger partial charge >= 0.3 is 0 Å². The summed E-state index contributed by atoms with van der Waals surface area (Å²) in [6.07, 6.45) is 5.56. The van der Waals surface area contributed by atoms with Crippen LogP contribution in [-0.4, -0.2) is 19.9 Å². The van der Waals surface area contributed by atoms with E-state index in [1.807, 2.05) is 0 Å². The van der Waals surface area contributed by atoms with Crippen LogP contribution in [0.5, 0.6) is 0 Å². The van der Waals surface area contributed by atoms with Crippen LogP contribution in [0.4, 0.5) is 19.6 Å². The van der Waals surface area contributed by atoms with Crippen molar-refractivity contribution in [3.05, 3.63) is 34.3 Å². The number of rotatable bonds is 9. The molecule has 0 saturated heterocycles. The quantitative estimate of drug-likeness (QED) is 0.573. The van der Waals surface area contributed by atoms with Crippen molar-refractivity contribution >= 4 is 43.8 Å². The largest absolute Gasteiger partial charge is 0.383 e. The Bertz CT molecular complexity index is 917. The Kier molecular flexibility index (Phi) is 6.22. The summed E-state index contributed by atoms with van der Waals surface area (Å²) < 4.78 is 54.2. The van der Waals surface area contributed by atoms with E-state index in [1.54, 1.807) is 0 Å². The fraction of sp³-hybridized carbons (Fsp3) is 0.471. The van der Waals surface area contributed by atoms with Gasteiger partial charge in [0.15, 0.2) is 10.3 Å². The lowest BCUT2D eigenvalue weighted by atomic mass is 9.99. The average Bonchev–Trinajstić information content (AvgIpc) is 3.34. The third-order valence-electron chi connectivity index (χ3n) is 4.53. The summed E-state index contributed by atoms with van der Waals surface area (Å²) in [5.41, 5.74) is 0.350. The van der Waals surface area contributed by atoms with Gasteiger partial charge in [-0.2, -0.15) is 4.39 Å². The first-order valence-electron chi connectivity index (χ1n) is 8.65. The molecule has 0 unspecified atom stereocenters. The number of halogens is 3. The van der Waals surface area contributed by atoms with Crippen molar-refractivity contribution in [1.29, 1.82) is 0 Å². The van der Waals surface area contributed by atoms with Gasteiger partial charge in [0.2, 0.25) is 0 Å². The molecule has 1 aliphatic rings. The minimum absolute atomic E-state index is 0.100. The number of nitrogens with one attached hydrogen (secondary N) is 2. The highest BCUT2D eigenvalue weighted by molar-refractivity contribution is 7.93. The Morgan fingerprint density at radius 3 is 2.70 bits per heavy atom. The van der Waals surface area contributed by atoms with Gasteiger partial charge < -0.3 is 5.32 Å². The van der Waals surface area contributed by atoms with E-state index in [0.717, 1.165) is 37.1 Å². The van der Waals surface area contributed by atoms with Gasteiger partial charge in [0, 0.05) is 6.54 Å². The fourth-order valence-corrected chi connectivity index (χ4v) is 4.98. The van der Waals surface area contributed by atoms with Crippen molar-refractivity contribution in [3.63, 3.8) is 0 Å². The van der Waals surface area contributed by atoms with E-state index < -0.39 is 25.9 Å². The zero-order valence-corrected chi connectivity index (χ0v) is 17.0. The van der Waals surface area contributed by atoms with E-state index in [1.165, 1.54) is 12.8 Å². The molecule has 0 amide bonds. The molecule has 1 aromatic carbocycles. The van der Waals surface area contributed by atoms with Gasteiger partial charge in [-0.1, -0.05) is 49.1 Å². The summed E-state index contributed by atoms with van der Waals surface area (Å²) >= 11 is 6.68. The van der Waals surface area contributed by atoms with E-state index in [9.17, 15) is 17.2 Å². The number of aromatic nitrogens is 1. The molecule has 1 heterocycles. The first-order chi connectivity index (χ1) is 12.8. The van der Waals surface area contributed by atoms with Crippen LogP contribution < -0.4 is 10.0 Å². The highest BCUT2D eigenvalue weighted by Gasteiger charge is 2.26. The lowest BCUT2D eigenvalue weighted by Gasteiger charge is -2.17. The maximum absolute atomic E-state index is 14.5. The number of hydrogen-bond donors (Lipinski definition) is 2. The molecule has 5 nitrogen and oxygen atoms in total. The molecule has 3 rings (SSSR count). The molecule has 10 heteroatoms. The number of benzene rings is 1. The lowest BCUT2D eigenvalue weighted by Crippen LogP contribution is -2.17. The first kappa shape index (κ1) is 20.3. The van der Waals surface area contributed by atoms with E-state index in [4.69, 9.17) is 11.6 Å². The SMILES string of the molecule is CC[C@H](CNc1cc(F)c(S(=O)(=O)Nc2ncc(F)s2)cc1Cl)CC1CC1. The normalized spacial score (nSPS) is 15.6. The molecule has 2 aromatic rings. The van der Waals surface area contributed by atoms with E-state index >= 15 is 0 Å². The molecule has 1 aliphatic carbocycles. The molecule has 0 bridgehead atoms. The lowest BCUT2D eigenvalue weighted by molar-refractivity contribution is 0.463. The molecule has 0 aliphatic heterocycles. The molecular weight excluding hydrogens is 416 g/mol. The van der Waals surface area contributed by atoms with Crippen LogP contribution in [0.15, 0.2) is 23.2 Å². The van der Waals surface area contributed by atoms with E-state index in [-0.39, 0.29) is 10.2 Å². The minimum Gasteiger partial charge on any atom is -0.383 e. The van der Waals surface area contributed by atoms with Crippen LogP contribution in [0, 0.1) is 22.8 Å². The molecule has 1 atom stereocenters. The molecule has 27 heavy (non-hydrogen) atoms. The highest BCUT2D eigenvalue weighted by Crippen LogP contribution is 2.36. The second-order valence-corrected chi connectivity index (χ2v) is 9.71. The van der Waals surface area contributed by atoms with Crippen molar-refractivity contribution in [2.75, 3.05) is 16.6 Å². The van der Waals surface area contributed by atoms with Gasteiger partial charge in [0.1, 0.15) is 10.7 Å². The van der Waals surface area contributed by atoms with Crippen LogP contribution in [0.25, 0.3) is 0 Å².